The first-order chi connectivity index (χ1) is 9.78. The Morgan fingerprint density at radius 1 is 1.25 bits per heavy atom. The van der Waals surface area contributed by atoms with Crippen LogP contribution in [0.25, 0.3) is 10.9 Å². The second-order valence-electron chi connectivity index (χ2n) is 4.56. The molecule has 0 aliphatic carbocycles. The fourth-order valence-corrected chi connectivity index (χ4v) is 2.56. The van der Waals surface area contributed by atoms with Gasteiger partial charge in [-0.15, -0.1) is 0 Å². The van der Waals surface area contributed by atoms with Crippen LogP contribution in [0.2, 0.25) is 5.02 Å². The summed E-state index contributed by atoms with van der Waals surface area (Å²) < 4.78 is 8.02. The van der Waals surface area contributed by atoms with Crippen LogP contribution in [-0.4, -0.2) is 9.55 Å². The Morgan fingerprint density at radius 3 is 2.90 bits per heavy atom. The van der Waals surface area contributed by atoms with Gasteiger partial charge in [-0.2, -0.15) is 0 Å². The summed E-state index contributed by atoms with van der Waals surface area (Å²) in [6, 6.07) is 11.8. The topological polar surface area (TPSA) is 27.1 Å². The minimum atomic E-state index is 0.520. The maximum atomic E-state index is 6.05. The molecule has 1 aromatic carbocycles. The van der Waals surface area contributed by atoms with E-state index in [0.29, 0.717) is 6.61 Å². The summed E-state index contributed by atoms with van der Waals surface area (Å²) in [5.74, 6) is 0.776. The molecule has 0 atom stereocenters. The molecule has 3 aromatic rings. The average molecular weight is 287 g/mol. The van der Waals surface area contributed by atoms with Crippen molar-refractivity contribution in [2.75, 3.05) is 0 Å². The molecule has 0 aliphatic rings. The van der Waals surface area contributed by atoms with Crippen molar-refractivity contribution in [1.82, 2.24) is 9.55 Å². The predicted molar refractivity (Wildman–Crippen MR) is 81.2 cm³/mol. The second kappa shape index (κ2) is 5.55. The van der Waals surface area contributed by atoms with Crippen molar-refractivity contribution in [2.24, 2.45) is 0 Å². The van der Waals surface area contributed by atoms with Crippen molar-refractivity contribution >= 4 is 22.5 Å². The second-order valence-corrected chi connectivity index (χ2v) is 5.00. The predicted octanol–water partition coefficient (Wildman–Crippen LogP) is 4.29. The normalized spacial score (nSPS) is 10.9. The lowest BCUT2D eigenvalue weighted by Gasteiger charge is -2.09. The van der Waals surface area contributed by atoms with E-state index in [9.17, 15) is 0 Å². The molecule has 0 radical (unpaired) electrons. The van der Waals surface area contributed by atoms with Gasteiger partial charge in [-0.3, -0.25) is 4.98 Å². The third-order valence-corrected chi connectivity index (χ3v) is 3.52. The zero-order valence-corrected chi connectivity index (χ0v) is 12.0. The first-order valence-corrected chi connectivity index (χ1v) is 6.96. The Kier molecular flexibility index (Phi) is 3.61. The molecule has 102 valence electrons. The van der Waals surface area contributed by atoms with E-state index in [1.807, 2.05) is 24.3 Å². The van der Waals surface area contributed by atoms with E-state index in [4.69, 9.17) is 16.3 Å². The molecule has 3 nitrogen and oxygen atoms in total. The Morgan fingerprint density at radius 2 is 2.15 bits per heavy atom. The zero-order chi connectivity index (χ0) is 13.9. The zero-order valence-electron chi connectivity index (χ0n) is 11.2. The van der Waals surface area contributed by atoms with Crippen molar-refractivity contribution in [2.45, 2.75) is 20.1 Å². The lowest BCUT2D eigenvalue weighted by Crippen LogP contribution is -2.04. The molecule has 4 heteroatoms. The smallest absolute Gasteiger partial charge is 0.138 e. The molecule has 2 heterocycles. The number of rotatable bonds is 4. The van der Waals surface area contributed by atoms with Gasteiger partial charge in [-0.1, -0.05) is 11.6 Å². The Hall–Kier alpha value is -2.00. The number of ether oxygens (including phenoxy) is 1. The number of nitrogens with zero attached hydrogens (tertiary/aromatic N) is 2. The summed E-state index contributed by atoms with van der Waals surface area (Å²) in [4.78, 5) is 4.04. The molecule has 0 saturated carbocycles. The highest BCUT2D eigenvalue weighted by molar-refractivity contribution is 6.31. The van der Waals surface area contributed by atoms with Crippen LogP contribution in [0.1, 0.15) is 12.6 Å². The Labute approximate surface area is 122 Å². The molecule has 0 fully saturated rings. The maximum Gasteiger partial charge on any atom is 0.138 e. The van der Waals surface area contributed by atoms with Gasteiger partial charge in [0, 0.05) is 28.7 Å². The summed E-state index contributed by atoms with van der Waals surface area (Å²) in [5.41, 5.74) is 2.32. The average Bonchev–Trinajstić information content (AvgIpc) is 2.82. The van der Waals surface area contributed by atoms with Crippen LogP contribution in [-0.2, 0) is 13.2 Å². The molecular formula is C16H15ClN2O. The molecule has 3 rings (SSSR count). The fourth-order valence-electron chi connectivity index (χ4n) is 2.38. The highest BCUT2D eigenvalue weighted by Crippen LogP contribution is 2.24. The van der Waals surface area contributed by atoms with Crippen LogP contribution in [0.5, 0.6) is 5.75 Å². The van der Waals surface area contributed by atoms with E-state index in [1.54, 1.807) is 12.4 Å². The van der Waals surface area contributed by atoms with E-state index in [0.717, 1.165) is 28.4 Å². The SMILES string of the molecule is CCn1c(COc2cccnc2)cc2cc(Cl)ccc21. The van der Waals surface area contributed by atoms with Crippen molar-refractivity contribution in [3.8, 4) is 5.75 Å². The van der Waals surface area contributed by atoms with Crippen LogP contribution < -0.4 is 4.74 Å². The number of hydrogen-bond acceptors (Lipinski definition) is 2. The van der Waals surface area contributed by atoms with E-state index in [-0.39, 0.29) is 0 Å². The van der Waals surface area contributed by atoms with Gasteiger partial charge in [0.1, 0.15) is 12.4 Å². The Balaban J connectivity index is 1.91. The molecule has 0 unspecified atom stereocenters. The van der Waals surface area contributed by atoms with E-state index in [2.05, 4.69) is 28.6 Å². The maximum absolute atomic E-state index is 6.05. The lowest BCUT2D eigenvalue weighted by molar-refractivity contribution is 0.295. The van der Waals surface area contributed by atoms with Crippen LogP contribution >= 0.6 is 11.6 Å². The van der Waals surface area contributed by atoms with Gasteiger partial charge in [0.15, 0.2) is 0 Å². The summed E-state index contributed by atoms with van der Waals surface area (Å²) in [5, 5.41) is 1.90. The quantitative estimate of drug-likeness (QED) is 0.715. The standard InChI is InChI=1S/C16H15ClN2O/c1-2-19-14(11-20-15-4-3-7-18-10-15)9-12-8-13(17)5-6-16(12)19/h3-10H,2,11H2,1H3. The van der Waals surface area contributed by atoms with Gasteiger partial charge in [-0.25, -0.2) is 0 Å². The molecule has 0 aliphatic heterocycles. The number of halogens is 1. The molecule has 0 N–H and O–H groups in total. The fraction of sp³-hybridized carbons (Fsp3) is 0.188. The van der Waals surface area contributed by atoms with Gasteiger partial charge in [0.05, 0.1) is 11.9 Å². The summed E-state index contributed by atoms with van der Waals surface area (Å²) in [6.45, 7) is 3.55. The van der Waals surface area contributed by atoms with E-state index < -0.39 is 0 Å². The van der Waals surface area contributed by atoms with Crippen molar-refractivity contribution in [3.05, 3.63) is 59.5 Å². The molecule has 2 aromatic heterocycles. The van der Waals surface area contributed by atoms with Crippen molar-refractivity contribution < 1.29 is 4.74 Å². The van der Waals surface area contributed by atoms with Gasteiger partial charge < -0.3 is 9.30 Å². The summed E-state index contributed by atoms with van der Waals surface area (Å²) >= 11 is 6.05. The Bertz CT molecular complexity index is 722. The van der Waals surface area contributed by atoms with Crippen LogP contribution in [0, 0.1) is 0 Å². The molecular weight excluding hydrogens is 272 g/mol. The van der Waals surface area contributed by atoms with Crippen LogP contribution in [0.3, 0.4) is 0 Å². The first kappa shape index (κ1) is 13.0. The molecule has 0 saturated heterocycles. The lowest BCUT2D eigenvalue weighted by atomic mass is 10.2. The van der Waals surface area contributed by atoms with Gasteiger partial charge in [0.2, 0.25) is 0 Å². The number of fused-ring (bicyclic) bond motifs is 1. The summed E-state index contributed by atoms with van der Waals surface area (Å²) in [7, 11) is 0. The van der Waals surface area contributed by atoms with Crippen molar-refractivity contribution in [1.29, 1.82) is 0 Å². The highest BCUT2D eigenvalue weighted by Gasteiger charge is 2.08. The molecule has 20 heavy (non-hydrogen) atoms. The molecule has 0 spiro atoms. The first-order valence-electron chi connectivity index (χ1n) is 6.58. The third-order valence-electron chi connectivity index (χ3n) is 3.29. The number of aromatic nitrogens is 2. The minimum Gasteiger partial charge on any atom is -0.486 e. The van der Waals surface area contributed by atoms with Gasteiger partial charge >= 0.3 is 0 Å². The molecule has 0 amide bonds. The van der Waals surface area contributed by atoms with E-state index >= 15 is 0 Å². The van der Waals surface area contributed by atoms with Gasteiger partial charge in [0.25, 0.3) is 0 Å². The highest BCUT2D eigenvalue weighted by atomic mass is 35.5. The number of benzene rings is 1. The van der Waals surface area contributed by atoms with E-state index in [1.165, 1.54) is 5.52 Å². The third kappa shape index (κ3) is 2.49. The number of pyridine rings is 1. The van der Waals surface area contributed by atoms with Crippen LogP contribution in [0.4, 0.5) is 0 Å². The summed E-state index contributed by atoms with van der Waals surface area (Å²) in [6.07, 6.45) is 3.45. The molecule has 0 bridgehead atoms. The monoisotopic (exact) mass is 286 g/mol. The van der Waals surface area contributed by atoms with Crippen LogP contribution in [0.15, 0.2) is 48.8 Å². The number of aryl methyl sites for hydroxylation is 1. The largest absolute Gasteiger partial charge is 0.486 e. The van der Waals surface area contributed by atoms with Gasteiger partial charge in [-0.05, 0) is 43.3 Å². The van der Waals surface area contributed by atoms with Crippen molar-refractivity contribution in [3.63, 3.8) is 0 Å². The minimum absolute atomic E-state index is 0.520. The number of hydrogen-bond donors (Lipinski definition) is 0.